The molecule has 0 fully saturated rings. The van der Waals surface area contributed by atoms with Gasteiger partial charge in [0.25, 0.3) is 0 Å². The molecule has 0 amide bonds. The van der Waals surface area contributed by atoms with Gasteiger partial charge in [0.05, 0.1) is 0 Å². The van der Waals surface area contributed by atoms with Crippen LogP contribution in [0.2, 0.25) is 0 Å². The number of anilines is 1. The maximum Gasteiger partial charge on any atom is 0.193 e. The zero-order valence-electron chi connectivity index (χ0n) is 11.8. The molecule has 0 saturated heterocycles. The van der Waals surface area contributed by atoms with Crippen LogP contribution in [0.25, 0.3) is 0 Å². The molecule has 0 unspecified atom stereocenters. The van der Waals surface area contributed by atoms with E-state index in [-0.39, 0.29) is 11.5 Å². The number of hydrogen-bond acceptors (Lipinski definition) is 3. The first kappa shape index (κ1) is 14.1. The molecule has 0 spiro atoms. The molecule has 0 radical (unpaired) electrons. The van der Waals surface area contributed by atoms with E-state index in [9.17, 15) is 9.90 Å². The predicted molar refractivity (Wildman–Crippen MR) is 81.5 cm³/mol. The standard InChI is InChI=1S/C17H19NO2/c1-3-18(4-2)15-9-5-13(6-10-15)17(20)14-7-11-16(19)12-8-14/h5-12,19H,3-4H2,1-2H3. The van der Waals surface area contributed by atoms with E-state index < -0.39 is 0 Å². The zero-order chi connectivity index (χ0) is 14.5. The van der Waals surface area contributed by atoms with Crippen LogP contribution in [0.1, 0.15) is 29.8 Å². The molecule has 0 aliphatic heterocycles. The van der Waals surface area contributed by atoms with Gasteiger partial charge in [-0.15, -0.1) is 0 Å². The van der Waals surface area contributed by atoms with Crippen molar-refractivity contribution < 1.29 is 9.90 Å². The van der Waals surface area contributed by atoms with Gasteiger partial charge in [0, 0.05) is 29.9 Å². The fourth-order valence-corrected chi connectivity index (χ4v) is 2.19. The van der Waals surface area contributed by atoms with E-state index in [4.69, 9.17) is 0 Å². The van der Waals surface area contributed by atoms with Crippen molar-refractivity contribution in [1.82, 2.24) is 0 Å². The predicted octanol–water partition coefficient (Wildman–Crippen LogP) is 3.47. The first-order valence-electron chi connectivity index (χ1n) is 6.84. The van der Waals surface area contributed by atoms with Gasteiger partial charge in [0.2, 0.25) is 0 Å². The van der Waals surface area contributed by atoms with Gasteiger partial charge < -0.3 is 10.0 Å². The van der Waals surface area contributed by atoms with Crippen LogP contribution in [0.15, 0.2) is 48.5 Å². The Balaban J connectivity index is 2.21. The highest BCUT2D eigenvalue weighted by atomic mass is 16.3. The molecule has 2 aromatic rings. The Morgan fingerprint density at radius 1 is 0.900 bits per heavy atom. The molecule has 0 aliphatic carbocycles. The highest BCUT2D eigenvalue weighted by molar-refractivity contribution is 6.09. The number of phenols is 1. The van der Waals surface area contributed by atoms with Crippen molar-refractivity contribution in [2.75, 3.05) is 18.0 Å². The molecule has 0 atom stereocenters. The molecule has 0 aliphatic rings. The summed E-state index contributed by atoms with van der Waals surface area (Å²) in [6, 6.07) is 14.0. The number of rotatable bonds is 5. The summed E-state index contributed by atoms with van der Waals surface area (Å²) in [5, 5.41) is 9.24. The van der Waals surface area contributed by atoms with Crippen LogP contribution in [0.4, 0.5) is 5.69 Å². The maximum atomic E-state index is 12.3. The summed E-state index contributed by atoms with van der Waals surface area (Å²) in [6.45, 7) is 6.11. The summed E-state index contributed by atoms with van der Waals surface area (Å²) in [4.78, 5) is 14.5. The SMILES string of the molecule is CCN(CC)c1ccc(C(=O)c2ccc(O)cc2)cc1. The van der Waals surface area contributed by atoms with Crippen molar-refractivity contribution in [3.63, 3.8) is 0 Å². The molecule has 3 heteroatoms. The molecular weight excluding hydrogens is 250 g/mol. The zero-order valence-corrected chi connectivity index (χ0v) is 11.8. The second kappa shape index (κ2) is 6.24. The van der Waals surface area contributed by atoms with E-state index in [1.54, 1.807) is 12.1 Å². The molecular formula is C17H19NO2. The summed E-state index contributed by atoms with van der Waals surface area (Å²) < 4.78 is 0. The number of benzene rings is 2. The Labute approximate surface area is 119 Å². The Morgan fingerprint density at radius 3 is 1.80 bits per heavy atom. The average molecular weight is 269 g/mol. The summed E-state index contributed by atoms with van der Waals surface area (Å²) in [5.74, 6) is 0.134. The second-order valence-electron chi connectivity index (χ2n) is 4.60. The normalized spacial score (nSPS) is 10.3. The minimum Gasteiger partial charge on any atom is -0.508 e. The highest BCUT2D eigenvalue weighted by Crippen LogP contribution is 2.18. The second-order valence-corrected chi connectivity index (χ2v) is 4.60. The van der Waals surface area contributed by atoms with Gasteiger partial charge in [0.15, 0.2) is 5.78 Å². The van der Waals surface area contributed by atoms with Gasteiger partial charge in [-0.1, -0.05) is 0 Å². The van der Waals surface area contributed by atoms with Crippen LogP contribution in [0, 0.1) is 0 Å². The lowest BCUT2D eigenvalue weighted by Gasteiger charge is -2.21. The molecule has 3 nitrogen and oxygen atoms in total. The van der Waals surface area contributed by atoms with Crippen LogP contribution in [-0.2, 0) is 0 Å². The molecule has 1 N–H and O–H groups in total. The van der Waals surface area contributed by atoms with Crippen LogP contribution >= 0.6 is 0 Å². The lowest BCUT2D eigenvalue weighted by Crippen LogP contribution is -2.21. The third-order valence-electron chi connectivity index (χ3n) is 3.39. The number of carbonyl (C=O) groups is 1. The largest absolute Gasteiger partial charge is 0.508 e. The fraction of sp³-hybridized carbons (Fsp3) is 0.235. The number of aromatic hydroxyl groups is 1. The summed E-state index contributed by atoms with van der Waals surface area (Å²) >= 11 is 0. The monoisotopic (exact) mass is 269 g/mol. The number of phenolic OH excluding ortho intramolecular Hbond substituents is 1. The van der Waals surface area contributed by atoms with E-state index in [0.29, 0.717) is 11.1 Å². The minimum atomic E-state index is -0.0314. The number of ketones is 1. The Morgan fingerprint density at radius 2 is 1.35 bits per heavy atom. The van der Waals surface area contributed by atoms with Crippen molar-refractivity contribution in [3.05, 3.63) is 59.7 Å². The third kappa shape index (κ3) is 2.99. The van der Waals surface area contributed by atoms with Crippen molar-refractivity contribution in [2.24, 2.45) is 0 Å². The number of hydrogen-bond donors (Lipinski definition) is 1. The van der Waals surface area contributed by atoms with Gasteiger partial charge >= 0.3 is 0 Å². The van der Waals surface area contributed by atoms with Crippen LogP contribution in [-0.4, -0.2) is 24.0 Å². The molecule has 20 heavy (non-hydrogen) atoms. The van der Waals surface area contributed by atoms with Crippen molar-refractivity contribution in [2.45, 2.75) is 13.8 Å². The van der Waals surface area contributed by atoms with Crippen molar-refractivity contribution in [1.29, 1.82) is 0 Å². The van der Waals surface area contributed by atoms with E-state index in [1.807, 2.05) is 24.3 Å². The molecule has 0 bridgehead atoms. The molecule has 2 aromatic carbocycles. The molecule has 0 heterocycles. The minimum absolute atomic E-state index is 0.0314. The van der Waals surface area contributed by atoms with E-state index >= 15 is 0 Å². The molecule has 0 aromatic heterocycles. The van der Waals surface area contributed by atoms with E-state index in [1.165, 1.54) is 12.1 Å². The quantitative estimate of drug-likeness (QED) is 0.845. The van der Waals surface area contributed by atoms with Crippen LogP contribution in [0.5, 0.6) is 5.75 Å². The van der Waals surface area contributed by atoms with Crippen molar-refractivity contribution in [3.8, 4) is 5.75 Å². The summed E-state index contributed by atoms with van der Waals surface area (Å²) in [5.41, 5.74) is 2.36. The topological polar surface area (TPSA) is 40.5 Å². The van der Waals surface area contributed by atoms with E-state index in [2.05, 4.69) is 18.7 Å². The van der Waals surface area contributed by atoms with E-state index in [0.717, 1.165) is 18.8 Å². The van der Waals surface area contributed by atoms with Gasteiger partial charge in [0.1, 0.15) is 5.75 Å². The Kier molecular flexibility index (Phi) is 4.41. The Bertz CT molecular complexity index is 569. The maximum absolute atomic E-state index is 12.3. The van der Waals surface area contributed by atoms with Crippen LogP contribution in [0.3, 0.4) is 0 Å². The summed E-state index contributed by atoms with van der Waals surface area (Å²) in [7, 11) is 0. The van der Waals surface area contributed by atoms with Gasteiger partial charge in [-0.3, -0.25) is 4.79 Å². The highest BCUT2D eigenvalue weighted by Gasteiger charge is 2.09. The number of carbonyl (C=O) groups excluding carboxylic acids is 1. The summed E-state index contributed by atoms with van der Waals surface area (Å²) in [6.07, 6.45) is 0. The first-order valence-corrected chi connectivity index (χ1v) is 6.84. The smallest absolute Gasteiger partial charge is 0.193 e. The first-order chi connectivity index (χ1) is 9.65. The van der Waals surface area contributed by atoms with Crippen LogP contribution < -0.4 is 4.90 Å². The lowest BCUT2D eigenvalue weighted by atomic mass is 10.0. The fourth-order valence-electron chi connectivity index (χ4n) is 2.19. The van der Waals surface area contributed by atoms with Crippen molar-refractivity contribution >= 4 is 11.5 Å². The van der Waals surface area contributed by atoms with Gasteiger partial charge in [-0.25, -0.2) is 0 Å². The lowest BCUT2D eigenvalue weighted by molar-refractivity contribution is 0.103. The average Bonchev–Trinajstić information content (AvgIpc) is 2.49. The number of nitrogens with zero attached hydrogens (tertiary/aromatic N) is 1. The molecule has 0 saturated carbocycles. The van der Waals surface area contributed by atoms with Gasteiger partial charge in [-0.2, -0.15) is 0 Å². The third-order valence-corrected chi connectivity index (χ3v) is 3.39. The molecule has 2 rings (SSSR count). The molecule has 104 valence electrons. The van der Waals surface area contributed by atoms with Gasteiger partial charge in [-0.05, 0) is 62.4 Å². The Hall–Kier alpha value is -2.29.